The zero-order chi connectivity index (χ0) is 16.5. The van der Waals surface area contributed by atoms with Gasteiger partial charge in [0.15, 0.2) is 0 Å². The molecule has 0 aliphatic rings. The van der Waals surface area contributed by atoms with E-state index < -0.39 is 10.0 Å². The van der Waals surface area contributed by atoms with Gasteiger partial charge in [0.1, 0.15) is 5.75 Å². The number of hydrogen-bond acceptors (Lipinski definition) is 3. The molecule has 0 atom stereocenters. The van der Waals surface area contributed by atoms with E-state index in [9.17, 15) is 8.42 Å². The van der Waals surface area contributed by atoms with E-state index in [1.807, 2.05) is 26.0 Å². The first-order valence-corrected chi connectivity index (χ1v) is 8.88. The Kier molecular flexibility index (Phi) is 4.68. The highest BCUT2D eigenvalue weighted by Gasteiger charge is 2.23. The fraction of sp³-hybridized carbons (Fsp3) is 0.250. The second-order valence-electron chi connectivity index (χ2n) is 5.11. The molecule has 0 radical (unpaired) electrons. The summed E-state index contributed by atoms with van der Waals surface area (Å²) in [5, 5.41) is 0.337. The van der Waals surface area contributed by atoms with E-state index in [1.54, 1.807) is 24.3 Å². The minimum absolute atomic E-state index is 0.337. The lowest BCUT2D eigenvalue weighted by Gasteiger charge is -2.24. The first kappa shape index (κ1) is 16.6. The van der Waals surface area contributed by atoms with Crippen molar-refractivity contribution in [3.05, 3.63) is 52.5 Å². The summed E-state index contributed by atoms with van der Waals surface area (Å²) in [6.45, 7) is 3.91. The Balaban J connectivity index is 2.69. The van der Waals surface area contributed by atoms with Crippen molar-refractivity contribution in [2.75, 3.05) is 17.7 Å². The lowest BCUT2D eigenvalue weighted by Crippen LogP contribution is -2.25. The summed E-state index contributed by atoms with van der Waals surface area (Å²) in [6.07, 6.45) is 1.15. The van der Waals surface area contributed by atoms with Crippen LogP contribution in [0.15, 0.2) is 36.4 Å². The zero-order valence-electron chi connectivity index (χ0n) is 12.9. The molecule has 2 aromatic carbocycles. The fourth-order valence-electron chi connectivity index (χ4n) is 2.14. The number of anilines is 2. The van der Waals surface area contributed by atoms with Gasteiger partial charge in [-0.2, -0.15) is 0 Å². The molecule has 0 unspecified atom stereocenters. The van der Waals surface area contributed by atoms with Gasteiger partial charge in [0.25, 0.3) is 0 Å². The van der Waals surface area contributed by atoms with Crippen molar-refractivity contribution >= 4 is 33.0 Å². The molecule has 0 aliphatic heterocycles. The molecule has 0 amide bonds. The van der Waals surface area contributed by atoms with E-state index in [4.69, 9.17) is 16.3 Å². The predicted octanol–water partition coefficient (Wildman–Crippen LogP) is 4.06. The second-order valence-corrected chi connectivity index (χ2v) is 7.35. The van der Waals surface area contributed by atoms with Gasteiger partial charge in [0, 0.05) is 6.07 Å². The molecule has 0 spiro atoms. The molecule has 0 fully saturated rings. The standard InChI is InChI=1S/C16H18ClNO3S/c1-11-5-6-13(9-12(11)2)18(22(4,19)20)16-10-14(21-3)7-8-15(16)17/h5-10H,1-4H3. The molecule has 6 heteroatoms. The highest BCUT2D eigenvalue weighted by Crippen LogP contribution is 2.37. The monoisotopic (exact) mass is 339 g/mol. The molecule has 0 saturated heterocycles. The third-order valence-electron chi connectivity index (χ3n) is 3.43. The van der Waals surface area contributed by atoms with Crippen LogP contribution in [0.3, 0.4) is 0 Å². The summed E-state index contributed by atoms with van der Waals surface area (Å²) in [5.41, 5.74) is 3.01. The van der Waals surface area contributed by atoms with Crippen molar-refractivity contribution in [2.24, 2.45) is 0 Å². The van der Waals surface area contributed by atoms with Crippen LogP contribution in [0.1, 0.15) is 11.1 Å². The minimum atomic E-state index is -3.55. The smallest absolute Gasteiger partial charge is 0.236 e. The molecule has 0 N–H and O–H groups in total. The average molecular weight is 340 g/mol. The normalized spacial score (nSPS) is 11.3. The molecule has 0 saturated carbocycles. The third kappa shape index (κ3) is 3.36. The quantitative estimate of drug-likeness (QED) is 0.843. The van der Waals surface area contributed by atoms with Gasteiger partial charge in [-0.1, -0.05) is 17.7 Å². The van der Waals surface area contributed by atoms with Gasteiger partial charge in [0.2, 0.25) is 10.0 Å². The number of rotatable bonds is 4. The van der Waals surface area contributed by atoms with E-state index in [0.29, 0.717) is 22.1 Å². The van der Waals surface area contributed by atoms with Crippen LogP contribution in [0.5, 0.6) is 5.75 Å². The predicted molar refractivity (Wildman–Crippen MR) is 90.9 cm³/mol. The van der Waals surface area contributed by atoms with Crippen molar-refractivity contribution in [3.8, 4) is 5.75 Å². The minimum Gasteiger partial charge on any atom is -0.497 e. The van der Waals surface area contributed by atoms with Gasteiger partial charge in [-0.05, 0) is 49.2 Å². The highest BCUT2D eigenvalue weighted by atomic mass is 35.5. The summed E-state index contributed by atoms with van der Waals surface area (Å²) in [7, 11) is -2.03. The molecule has 0 bridgehead atoms. The summed E-state index contributed by atoms with van der Waals surface area (Å²) in [5.74, 6) is 0.539. The lowest BCUT2D eigenvalue weighted by atomic mass is 10.1. The van der Waals surface area contributed by atoms with Gasteiger partial charge < -0.3 is 4.74 Å². The molecular weight excluding hydrogens is 322 g/mol. The topological polar surface area (TPSA) is 46.6 Å². The molecule has 0 aliphatic carbocycles. The Hall–Kier alpha value is -1.72. The number of aryl methyl sites for hydroxylation is 2. The molecule has 2 aromatic rings. The molecule has 118 valence electrons. The van der Waals surface area contributed by atoms with Gasteiger partial charge >= 0.3 is 0 Å². The molecular formula is C16H18ClNO3S. The maximum absolute atomic E-state index is 12.3. The summed E-state index contributed by atoms with van der Waals surface area (Å²) in [6, 6.07) is 10.4. The van der Waals surface area contributed by atoms with Gasteiger partial charge in [-0.25, -0.2) is 12.7 Å². The van der Waals surface area contributed by atoms with Crippen LogP contribution in [-0.4, -0.2) is 21.8 Å². The van der Waals surface area contributed by atoms with E-state index in [0.717, 1.165) is 17.4 Å². The molecule has 4 nitrogen and oxygen atoms in total. The average Bonchev–Trinajstić information content (AvgIpc) is 2.43. The van der Waals surface area contributed by atoms with Crippen LogP contribution < -0.4 is 9.04 Å². The number of halogens is 1. The largest absolute Gasteiger partial charge is 0.497 e. The van der Waals surface area contributed by atoms with Crippen LogP contribution >= 0.6 is 11.6 Å². The van der Waals surface area contributed by atoms with E-state index >= 15 is 0 Å². The Morgan fingerprint density at radius 2 is 1.73 bits per heavy atom. The second kappa shape index (κ2) is 6.18. The number of nitrogens with zero attached hydrogens (tertiary/aromatic N) is 1. The van der Waals surface area contributed by atoms with Crippen molar-refractivity contribution in [2.45, 2.75) is 13.8 Å². The fourth-order valence-corrected chi connectivity index (χ4v) is 3.39. The van der Waals surface area contributed by atoms with Crippen LogP contribution in [-0.2, 0) is 10.0 Å². The van der Waals surface area contributed by atoms with Gasteiger partial charge in [0.05, 0.1) is 29.8 Å². The van der Waals surface area contributed by atoms with Crippen molar-refractivity contribution in [3.63, 3.8) is 0 Å². The SMILES string of the molecule is COc1ccc(Cl)c(N(c2ccc(C)c(C)c2)S(C)(=O)=O)c1. The van der Waals surface area contributed by atoms with Crippen molar-refractivity contribution < 1.29 is 13.2 Å². The zero-order valence-corrected chi connectivity index (χ0v) is 14.5. The molecule has 0 heterocycles. The van der Waals surface area contributed by atoms with E-state index in [1.165, 1.54) is 11.4 Å². The number of ether oxygens (including phenoxy) is 1. The number of methoxy groups -OCH3 is 1. The van der Waals surface area contributed by atoms with Crippen LogP contribution in [0.25, 0.3) is 0 Å². The van der Waals surface area contributed by atoms with Crippen molar-refractivity contribution in [1.29, 1.82) is 0 Å². The highest BCUT2D eigenvalue weighted by molar-refractivity contribution is 7.92. The third-order valence-corrected chi connectivity index (χ3v) is 4.82. The first-order valence-electron chi connectivity index (χ1n) is 6.65. The van der Waals surface area contributed by atoms with Crippen LogP contribution in [0.2, 0.25) is 5.02 Å². The molecule has 22 heavy (non-hydrogen) atoms. The van der Waals surface area contributed by atoms with E-state index in [2.05, 4.69) is 0 Å². The Bertz CT molecular complexity index is 803. The maximum Gasteiger partial charge on any atom is 0.236 e. The summed E-state index contributed by atoms with van der Waals surface area (Å²) in [4.78, 5) is 0. The summed E-state index contributed by atoms with van der Waals surface area (Å²) < 4.78 is 31.0. The Morgan fingerprint density at radius 3 is 2.27 bits per heavy atom. The van der Waals surface area contributed by atoms with Gasteiger partial charge in [-0.3, -0.25) is 0 Å². The number of hydrogen-bond donors (Lipinski definition) is 0. The number of sulfonamides is 1. The Labute approximate surface area is 136 Å². The van der Waals surface area contributed by atoms with Crippen LogP contribution in [0.4, 0.5) is 11.4 Å². The Morgan fingerprint density at radius 1 is 1.05 bits per heavy atom. The van der Waals surface area contributed by atoms with Gasteiger partial charge in [-0.15, -0.1) is 0 Å². The summed E-state index contributed by atoms with van der Waals surface area (Å²) >= 11 is 6.21. The number of benzene rings is 2. The maximum atomic E-state index is 12.3. The molecule has 0 aromatic heterocycles. The van der Waals surface area contributed by atoms with Crippen LogP contribution in [0, 0.1) is 13.8 Å². The lowest BCUT2D eigenvalue weighted by molar-refractivity contribution is 0.415. The molecule has 2 rings (SSSR count). The van der Waals surface area contributed by atoms with Crippen molar-refractivity contribution in [1.82, 2.24) is 0 Å². The first-order chi connectivity index (χ1) is 10.2. The van der Waals surface area contributed by atoms with E-state index in [-0.39, 0.29) is 0 Å².